The van der Waals surface area contributed by atoms with Gasteiger partial charge in [-0.05, 0) is 29.3 Å². The molecule has 16 heavy (non-hydrogen) atoms. The molecule has 0 heterocycles. The molecule has 0 spiro atoms. The number of hydrogen-bond acceptors (Lipinski definition) is 1. The van der Waals surface area contributed by atoms with Crippen LogP contribution < -0.4 is 0 Å². The van der Waals surface area contributed by atoms with Crippen molar-refractivity contribution in [1.82, 2.24) is 0 Å². The third kappa shape index (κ3) is 1.95. The second kappa shape index (κ2) is 4.26. The van der Waals surface area contributed by atoms with E-state index in [1.165, 1.54) is 0 Å². The van der Waals surface area contributed by atoms with Crippen LogP contribution in [0.3, 0.4) is 0 Å². The van der Waals surface area contributed by atoms with Crippen LogP contribution in [0, 0.1) is 0 Å². The zero-order valence-corrected chi connectivity index (χ0v) is 10.4. The zero-order chi connectivity index (χ0) is 11.7. The third-order valence-corrected chi connectivity index (χ3v) is 3.41. The maximum atomic E-state index is 10.9. The van der Waals surface area contributed by atoms with Crippen molar-refractivity contribution >= 4 is 32.7 Å². The molecule has 0 aliphatic rings. The molecule has 0 amide bonds. The molecule has 1 N–H and O–H groups in total. The molecule has 2 rings (SSSR count). The Kier molecular flexibility index (Phi) is 2.97. The smallest absolute Gasteiger partial charge is 0.310 e. The first kappa shape index (κ1) is 11.1. The summed E-state index contributed by atoms with van der Waals surface area (Å²) < 4.78 is 1.03. The summed E-state index contributed by atoms with van der Waals surface area (Å²) in [5.41, 5.74) is 0.832. The summed E-state index contributed by atoms with van der Waals surface area (Å²) in [6.07, 6.45) is 0. The van der Waals surface area contributed by atoms with Gasteiger partial charge in [-0.1, -0.05) is 46.3 Å². The van der Waals surface area contributed by atoms with Crippen molar-refractivity contribution in [3.05, 3.63) is 46.4 Å². The standard InChI is InChI=1S/C13H11BrO2/c1-8(13(15)16)9-5-6-11-10(7-9)3-2-4-12(11)14/h2-8H,1H3,(H,15,16). The highest BCUT2D eigenvalue weighted by molar-refractivity contribution is 9.10. The topological polar surface area (TPSA) is 37.3 Å². The van der Waals surface area contributed by atoms with Crippen molar-refractivity contribution in [3.63, 3.8) is 0 Å². The average Bonchev–Trinajstić information content (AvgIpc) is 2.28. The van der Waals surface area contributed by atoms with E-state index >= 15 is 0 Å². The van der Waals surface area contributed by atoms with Crippen molar-refractivity contribution in [2.45, 2.75) is 12.8 Å². The molecule has 3 heteroatoms. The van der Waals surface area contributed by atoms with Crippen LogP contribution in [0.5, 0.6) is 0 Å². The maximum Gasteiger partial charge on any atom is 0.310 e. The zero-order valence-electron chi connectivity index (χ0n) is 8.77. The van der Waals surface area contributed by atoms with E-state index in [4.69, 9.17) is 5.11 Å². The van der Waals surface area contributed by atoms with Crippen molar-refractivity contribution in [2.24, 2.45) is 0 Å². The molecule has 2 aromatic rings. The van der Waals surface area contributed by atoms with Crippen molar-refractivity contribution in [3.8, 4) is 0 Å². The van der Waals surface area contributed by atoms with E-state index in [2.05, 4.69) is 15.9 Å². The summed E-state index contributed by atoms with van der Waals surface area (Å²) in [5.74, 6) is -1.27. The Bertz CT molecular complexity index is 549. The van der Waals surface area contributed by atoms with Gasteiger partial charge in [0, 0.05) is 4.47 Å². The lowest BCUT2D eigenvalue weighted by Crippen LogP contribution is -2.06. The SMILES string of the molecule is CC(C(=O)O)c1ccc2c(Br)cccc2c1. The number of carbonyl (C=O) groups is 1. The third-order valence-electron chi connectivity index (χ3n) is 2.72. The molecule has 82 valence electrons. The fraction of sp³-hybridized carbons (Fsp3) is 0.154. The van der Waals surface area contributed by atoms with Crippen molar-refractivity contribution in [1.29, 1.82) is 0 Å². The van der Waals surface area contributed by atoms with Crippen LogP contribution in [0.15, 0.2) is 40.9 Å². The summed E-state index contributed by atoms with van der Waals surface area (Å²) in [4.78, 5) is 10.9. The van der Waals surface area contributed by atoms with E-state index in [0.29, 0.717) is 0 Å². The molecule has 0 saturated carbocycles. The molecule has 2 nitrogen and oxygen atoms in total. The van der Waals surface area contributed by atoms with Gasteiger partial charge in [0.25, 0.3) is 0 Å². The molecule has 0 bridgehead atoms. The van der Waals surface area contributed by atoms with Crippen LogP contribution in [0.1, 0.15) is 18.4 Å². The Hall–Kier alpha value is -1.35. The Labute approximate surface area is 102 Å². The van der Waals surface area contributed by atoms with Gasteiger partial charge in [-0.25, -0.2) is 0 Å². The number of hydrogen-bond donors (Lipinski definition) is 1. The second-order valence-electron chi connectivity index (χ2n) is 3.78. The van der Waals surface area contributed by atoms with Crippen molar-refractivity contribution in [2.75, 3.05) is 0 Å². The van der Waals surface area contributed by atoms with Gasteiger partial charge in [0.05, 0.1) is 5.92 Å². The Morgan fingerprint density at radius 2 is 2.06 bits per heavy atom. The van der Waals surface area contributed by atoms with Crippen LogP contribution in [-0.2, 0) is 4.79 Å². The van der Waals surface area contributed by atoms with Gasteiger partial charge in [0.15, 0.2) is 0 Å². The Balaban J connectivity index is 2.57. The van der Waals surface area contributed by atoms with Crippen LogP contribution in [0.2, 0.25) is 0 Å². The van der Waals surface area contributed by atoms with Gasteiger partial charge in [-0.3, -0.25) is 4.79 Å². The number of fused-ring (bicyclic) bond motifs is 1. The van der Waals surface area contributed by atoms with Crippen LogP contribution in [0.4, 0.5) is 0 Å². The minimum atomic E-state index is -0.797. The van der Waals surface area contributed by atoms with E-state index < -0.39 is 11.9 Å². The summed E-state index contributed by atoms with van der Waals surface area (Å²) in [7, 11) is 0. The van der Waals surface area contributed by atoms with Crippen molar-refractivity contribution < 1.29 is 9.90 Å². The molecule has 0 radical (unpaired) electrons. The van der Waals surface area contributed by atoms with Gasteiger partial charge in [-0.15, -0.1) is 0 Å². The first-order valence-electron chi connectivity index (χ1n) is 5.00. The van der Waals surface area contributed by atoms with E-state index in [-0.39, 0.29) is 0 Å². The number of rotatable bonds is 2. The highest BCUT2D eigenvalue weighted by Crippen LogP contribution is 2.27. The summed E-state index contributed by atoms with van der Waals surface area (Å²) in [6, 6.07) is 11.7. The number of carboxylic acid groups (broad SMARTS) is 1. The fourth-order valence-electron chi connectivity index (χ4n) is 1.67. The molecule has 2 aromatic carbocycles. The predicted octanol–water partition coefficient (Wildman–Crippen LogP) is 3.79. The summed E-state index contributed by atoms with van der Waals surface area (Å²) >= 11 is 3.47. The van der Waals surface area contributed by atoms with E-state index in [9.17, 15) is 4.79 Å². The minimum Gasteiger partial charge on any atom is -0.481 e. The van der Waals surface area contributed by atoms with E-state index in [1.54, 1.807) is 6.92 Å². The van der Waals surface area contributed by atoms with Gasteiger partial charge in [-0.2, -0.15) is 0 Å². The molecule has 1 unspecified atom stereocenters. The molecular weight excluding hydrogens is 268 g/mol. The summed E-state index contributed by atoms with van der Waals surface area (Å²) in [6.45, 7) is 1.70. The number of aliphatic carboxylic acids is 1. The number of benzene rings is 2. The molecule has 1 atom stereocenters. The first-order chi connectivity index (χ1) is 7.59. The lowest BCUT2D eigenvalue weighted by Gasteiger charge is -2.08. The molecular formula is C13H11BrO2. The fourth-order valence-corrected chi connectivity index (χ4v) is 2.19. The maximum absolute atomic E-state index is 10.9. The van der Waals surface area contributed by atoms with E-state index in [1.807, 2.05) is 36.4 Å². The molecule has 0 saturated heterocycles. The Morgan fingerprint density at radius 3 is 2.75 bits per heavy atom. The molecule has 0 aromatic heterocycles. The second-order valence-corrected chi connectivity index (χ2v) is 4.63. The van der Waals surface area contributed by atoms with Gasteiger partial charge < -0.3 is 5.11 Å². The van der Waals surface area contributed by atoms with Gasteiger partial charge in [0.1, 0.15) is 0 Å². The lowest BCUT2D eigenvalue weighted by molar-refractivity contribution is -0.138. The first-order valence-corrected chi connectivity index (χ1v) is 5.80. The average molecular weight is 279 g/mol. The normalized spacial score (nSPS) is 12.6. The lowest BCUT2D eigenvalue weighted by atomic mass is 9.98. The summed E-state index contributed by atoms with van der Waals surface area (Å²) in [5, 5.41) is 11.1. The number of halogens is 1. The van der Waals surface area contributed by atoms with Crippen LogP contribution in [0.25, 0.3) is 10.8 Å². The van der Waals surface area contributed by atoms with E-state index in [0.717, 1.165) is 20.8 Å². The highest BCUT2D eigenvalue weighted by Gasteiger charge is 2.13. The molecule has 0 fully saturated rings. The van der Waals surface area contributed by atoms with Crippen LogP contribution >= 0.6 is 15.9 Å². The predicted molar refractivity (Wildman–Crippen MR) is 67.7 cm³/mol. The highest BCUT2D eigenvalue weighted by atomic mass is 79.9. The largest absolute Gasteiger partial charge is 0.481 e. The Morgan fingerprint density at radius 1 is 1.31 bits per heavy atom. The molecule has 0 aliphatic carbocycles. The quantitative estimate of drug-likeness (QED) is 0.908. The minimum absolute atomic E-state index is 0.469. The van der Waals surface area contributed by atoms with Gasteiger partial charge >= 0.3 is 5.97 Å². The monoisotopic (exact) mass is 278 g/mol. The van der Waals surface area contributed by atoms with Crippen LogP contribution in [-0.4, -0.2) is 11.1 Å². The molecule has 0 aliphatic heterocycles. The number of carboxylic acids is 1. The van der Waals surface area contributed by atoms with Gasteiger partial charge in [0.2, 0.25) is 0 Å².